The molecule has 1 aromatic carbocycles. The van der Waals surface area contributed by atoms with Gasteiger partial charge < -0.3 is 5.32 Å². The van der Waals surface area contributed by atoms with E-state index in [2.05, 4.69) is 10.3 Å². The van der Waals surface area contributed by atoms with Crippen molar-refractivity contribution in [3.05, 3.63) is 54.4 Å². The Hall–Kier alpha value is -1.92. The van der Waals surface area contributed by atoms with Crippen LogP contribution in [0, 0.1) is 0 Å². The fourth-order valence-corrected chi connectivity index (χ4v) is 5.06. The number of nitrogens with zero attached hydrogens (tertiary/aromatic N) is 2. The van der Waals surface area contributed by atoms with E-state index in [0.29, 0.717) is 18.5 Å². The van der Waals surface area contributed by atoms with Crippen molar-refractivity contribution in [1.29, 1.82) is 0 Å². The Morgan fingerprint density at radius 3 is 2.70 bits per heavy atom. The molecule has 0 saturated heterocycles. The van der Waals surface area contributed by atoms with Crippen molar-refractivity contribution >= 4 is 21.4 Å². The number of sulfonamides is 1. The molecule has 1 unspecified atom stereocenters. The Morgan fingerprint density at radius 2 is 1.96 bits per heavy atom. The van der Waals surface area contributed by atoms with E-state index in [-0.39, 0.29) is 5.25 Å². The number of pyridine rings is 1. The molecule has 0 aliphatic carbocycles. The van der Waals surface area contributed by atoms with Crippen molar-refractivity contribution in [2.24, 2.45) is 0 Å². The second-order valence-electron chi connectivity index (χ2n) is 5.72. The number of fused-ring (bicyclic) bond motifs is 1. The van der Waals surface area contributed by atoms with E-state index in [0.717, 1.165) is 24.2 Å². The first-order valence-electron chi connectivity index (χ1n) is 7.81. The third-order valence-corrected chi connectivity index (χ3v) is 6.35. The Balaban J connectivity index is 2.04. The molecule has 0 spiro atoms. The van der Waals surface area contributed by atoms with Crippen molar-refractivity contribution in [3.63, 3.8) is 0 Å². The molecule has 122 valence electrons. The van der Waals surface area contributed by atoms with Crippen molar-refractivity contribution in [1.82, 2.24) is 10.3 Å². The van der Waals surface area contributed by atoms with Crippen LogP contribution in [-0.4, -0.2) is 32.2 Å². The van der Waals surface area contributed by atoms with Gasteiger partial charge in [-0.2, -0.15) is 0 Å². The summed E-state index contributed by atoms with van der Waals surface area (Å²) in [6.45, 7) is 0.822. The molecule has 0 radical (unpaired) electrons. The van der Waals surface area contributed by atoms with Gasteiger partial charge >= 0.3 is 0 Å². The predicted octanol–water partition coefficient (Wildman–Crippen LogP) is 2.47. The number of hydrogen-bond donors (Lipinski definition) is 1. The number of para-hydroxylation sites is 1. The maximum absolute atomic E-state index is 13.2. The quantitative estimate of drug-likeness (QED) is 0.855. The predicted molar refractivity (Wildman–Crippen MR) is 92.4 cm³/mol. The highest BCUT2D eigenvalue weighted by molar-refractivity contribution is 7.93. The summed E-state index contributed by atoms with van der Waals surface area (Å²) in [4.78, 5) is 3.99. The second kappa shape index (κ2) is 6.68. The Labute approximate surface area is 137 Å². The summed E-state index contributed by atoms with van der Waals surface area (Å²) in [6, 6.07) is 11.2. The topological polar surface area (TPSA) is 62.3 Å². The molecule has 3 rings (SSSR count). The molecule has 0 bridgehead atoms. The van der Waals surface area contributed by atoms with Crippen LogP contribution in [0.2, 0.25) is 0 Å². The first kappa shape index (κ1) is 16.0. The molecule has 0 amide bonds. The van der Waals surface area contributed by atoms with Gasteiger partial charge in [-0.3, -0.25) is 4.98 Å². The minimum Gasteiger partial charge on any atom is -0.320 e. The van der Waals surface area contributed by atoms with Gasteiger partial charge in [0.25, 0.3) is 0 Å². The molecule has 1 aliphatic heterocycles. The lowest BCUT2D eigenvalue weighted by atomic mass is 10.0. The summed E-state index contributed by atoms with van der Waals surface area (Å²) in [5, 5.41) is 2.69. The maximum atomic E-state index is 13.2. The highest BCUT2D eigenvalue weighted by atomic mass is 32.2. The molecule has 23 heavy (non-hydrogen) atoms. The van der Waals surface area contributed by atoms with Crippen LogP contribution in [0.3, 0.4) is 0 Å². The van der Waals surface area contributed by atoms with Crippen LogP contribution in [0.25, 0.3) is 0 Å². The van der Waals surface area contributed by atoms with E-state index in [1.54, 1.807) is 24.5 Å². The van der Waals surface area contributed by atoms with Gasteiger partial charge in [0.05, 0.1) is 16.6 Å². The standard InChI is InChI=1S/C17H21N3O2S/c1-18-10-4-6-16-13-14-5-2-3-7-17(14)20(23(16,21)22)15-8-11-19-12-9-15/h2-3,5,7-9,11-12,16,18H,4,6,10,13H2,1H3. The molecule has 2 aromatic rings. The van der Waals surface area contributed by atoms with Gasteiger partial charge in [-0.15, -0.1) is 0 Å². The maximum Gasteiger partial charge on any atom is 0.242 e. The van der Waals surface area contributed by atoms with Gasteiger partial charge in [-0.1, -0.05) is 18.2 Å². The zero-order valence-electron chi connectivity index (χ0n) is 13.1. The number of nitrogens with one attached hydrogen (secondary N) is 1. The van der Waals surface area contributed by atoms with Gasteiger partial charge in [-0.25, -0.2) is 12.7 Å². The van der Waals surface area contributed by atoms with E-state index >= 15 is 0 Å². The molecule has 1 atom stereocenters. The molecule has 5 nitrogen and oxygen atoms in total. The third-order valence-electron chi connectivity index (χ3n) is 4.18. The SMILES string of the molecule is CNCCCC1Cc2ccccc2N(c2ccncc2)S1(=O)=O. The fraction of sp³-hybridized carbons (Fsp3) is 0.353. The molecule has 0 fully saturated rings. The summed E-state index contributed by atoms with van der Waals surface area (Å²) < 4.78 is 27.8. The lowest BCUT2D eigenvalue weighted by molar-refractivity contribution is 0.554. The van der Waals surface area contributed by atoms with E-state index in [1.165, 1.54) is 4.31 Å². The second-order valence-corrected chi connectivity index (χ2v) is 7.78. The van der Waals surface area contributed by atoms with Gasteiger partial charge in [0.2, 0.25) is 10.0 Å². The van der Waals surface area contributed by atoms with Crippen LogP contribution >= 0.6 is 0 Å². The average Bonchev–Trinajstić information content (AvgIpc) is 2.56. The molecule has 2 heterocycles. The monoisotopic (exact) mass is 331 g/mol. The lowest BCUT2D eigenvalue weighted by Crippen LogP contribution is -2.41. The highest BCUT2D eigenvalue weighted by Gasteiger charge is 2.38. The highest BCUT2D eigenvalue weighted by Crippen LogP contribution is 2.39. The average molecular weight is 331 g/mol. The molecule has 1 aromatic heterocycles. The van der Waals surface area contributed by atoms with Gasteiger partial charge in [0.1, 0.15) is 0 Å². The third kappa shape index (κ3) is 3.09. The first-order valence-corrected chi connectivity index (χ1v) is 9.31. The van der Waals surface area contributed by atoms with E-state index in [4.69, 9.17) is 0 Å². The fourth-order valence-electron chi connectivity index (χ4n) is 3.04. The summed E-state index contributed by atoms with van der Waals surface area (Å²) >= 11 is 0. The zero-order valence-corrected chi connectivity index (χ0v) is 14.0. The van der Waals surface area contributed by atoms with Crippen LogP contribution in [0.15, 0.2) is 48.8 Å². The summed E-state index contributed by atoms with van der Waals surface area (Å²) in [5.74, 6) is 0. The van der Waals surface area contributed by atoms with Crippen LogP contribution in [0.4, 0.5) is 11.4 Å². The van der Waals surface area contributed by atoms with Gasteiger partial charge in [0, 0.05) is 12.4 Å². The minimum atomic E-state index is -3.43. The number of anilines is 2. The van der Waals surface area contributed by atoms with Crippen molar-refractivity contribution in [3.8, 4) is 0 Å². The molecule has 0 saturated carbocycles. The Bertz CT molecular complexity index is 762. The van der Waals surface area contributed by atoms with Crippen LogP contribution in [0.1, 0.15) is 18.4 Å². The van der Waals surface area contributed by atoms with E-state index in [9.17, 15) is 8.42 Å². The molecule has 6 heteroatoms. The minimum absolute atomic E-state index is 0.390. The summed E-state index contributed by atoms with van der Waals surface area (Å²) in [5.41, 5.74) is 2.47. The Kier molecular flexibility index (Phi) is 4.63. The van der Waals surface area contributed by atoms with Crippen molar-refractivity contribution in [2.45, 2.75) is 24.5 Å². The van der Waals surface area contributed by atoms with Crippen LogP contribution in [-0.2, 0) is 16.4 Å². The number of hydrogen-bond acceptors (Lipinski definition) is 4. The number of benzene rings is 1. The summed E-state index contributed by atoms with van der Waals surface area (Å²) in [7, 11) is -1.55. The van der Waals surface area contributed by atoms with Crippen molar-refractivity contribution < 1.29 is 8.42 Å². The number of rotatable bonds is 5. The smallest absolute Gasteiger partial charge is 0.242 e. The molecular formula is C17H21N3O2S. The lowest BCUT2D eigenvalue weighted by Gasteiger charge is -2.35. The molecule has 1 aliphatic rings. The summed E-state index contributed by atoms with van der Waals surface area (Å²) in [6.07, 6.45) is 5.31. The molecule has 1 N–H and O–H groups in total. The Morgan fingerprint density at radius 1 is 1.22 bits per heavy atom. The van der Waals surface area contributed by atoms with Crippen LogP contribution < -0.4 is 9.62 Å². The number of aromatic nitrogens is 1. The van der Waals surface area contributed by atoms with Crippen molar-refractivity contribution in [2.75, 3.05) is 17.9 Å². The van der Waals surface area contributed by atoms with E-state index in [1.807, 2.05) is 31.3 Å². The van der Waals surface area contributed by atoms with Crippen LogP contribution in [0.5, 0.6) is 0 Å². The normalized spacial score (nSPS) is 19.3. The first-order chi connectivity index (χ1) is 11.1. The molecular weight excluding hydrogens is 310 g/mol. The van der Waals surface area contributed by atoms with Gasteiger partial charge in [-0.05, 0) is 56.6 Å². The van der Waals surface area contributed by atoms with Gasteiger partial charge in [0.15, 0.2) is 0 Å². The largest absolute Gasteiger partial charge is 0.320 e. The zero-order chi connectivity index (χ0) is 16.3. The van der Waals surface area contributed by atoms with E-state index < -0.39 is 10.0 Å².